The van der Waals surface area contributed by atoms with Gasteiger partial charge >= 0.3 is 0 Å². The van der Waals surface area contributed by atoms with Crippen molar-refractivity contribution in [3.8, 4) is 0 Å². The number of aromatic amines is 1. The number of fused-ring (bicyclic) bond motifs is 1. The molecule has 0 bridgehead atoms. The van der Waals surface area contributed by atoms with Crippen molar-refractivity contribution in [2.24, 2.45) is 5.41 Å². The van der Waals surface area contributed by atoms with Crippen molar-refractivity contribution in [1.29, 1.82) is 0 Å². The molecule has 1 aromatic carbocycles. The Labute approximate surface area is 215 Å². The molecule has 2 heterocycles. The minimum absolute atomic E-state index is 0.0656. The number of pyridine rings is 1. The number of halogens is 2. The highest BCUT2D eigenvalue weighted by Gasteiger charge is 2.22. The lowest BCUT2D eigenvalue weighted by Crippen LogP contribution is -2.34. The van der Waals surface area contributed by atoms with Crippen LogP contribution in [0.2, 0.25) is 10.0 Å². The van der Waals surface area contributed by atoms with Gasteiger partial charge < -0.3 is 20.5 Å². The van der Waals surface area contributed by atoms with Gasteiger partial charge in [0.25, 0.3) is 5.91 Å². The van der Waals surface area contributed by atoms with Gasteiger partial charge in [0.15, 0.2) is 5.65 Å². The first kappa shape index (κ1) is 26.8. The minimum Gasteiger partial charge on any atom is -0.359 e. The van der Waals surface area contributed by atoms with Crippen LogP contribution in [0, 0.1) is 5.41 Å². The van der Waals surface area contributed by atoms with Crippen LogP contribution < -0.4 is 15.5 Å². The summed E-state index contributed by atoms with van der Waals surface area (Å²) < 4.78 is 0. The number of hydrogen-bond donors (Lipinski definition) is 3. The van der Waals surface area contributed by atoms with E-state index in [9.17, 15) is 9.59 Å². The summed E-state index contributed by atoms with van der Waals surface area (Å²) in [7, 11) is 1.88. The molecule has 0 saturated carbocycles. The minimum atomic E-state index is -0.499. The van der Waals surface area contributed by atoms with Gasteiger partial charge in [-0.25, -0.2) is 9.97 Å². The van der Waals surface area contributed by atoms with Crippen molar-refractivity contribution >= 4 is 52.0 Å². The number of benzene rings is 1. The Morgan fingerprint density at radius 1 is 1.11 bits per heavy atom. The van der Waals surface area contributed by atoms with Crippen LogP contribution in [0.25, 0.3) is 11.2 Å². The summed E-state index contributed by atoms with van der Waals surface area (Å²) in [5.74, 6) is 0.926. The van der Waals surface area contributed by atoms with Gasteiger partial charge in [-0.1, -0.05) is 50.0 Å². The number of rotatable bonds is 8. The van der Waals surface area contributed by atoms with Gasteiger partial charge in [0.2, 0.25) is 5.91 Å². The van der Waals surface area contributed by atoms with Gasteiger partial charge in [0.05, 0.1) is 16.1 Å². The van der Waals surface area contributed by atoms with Crippen molar-refractivity contribution in [2.45, 2.75) is 47.6 Å². The quantitative estimate of drug-likeness (QED) is 0.400. The van der Waals surface area contributed by atoms with E-state index >= 15 is 0 Å². The maximum Gasteiger partial charge on any atom is 0.255 e. The highest BCUT2D eigenvalue weighted by Crippen LogP contribution is 2.31. The first-order valence-electron chi connectivity index (χ1n) is 11.6. The number of hydrogen-bond acceptors (Lipinski definition) is 5. The number of H-pyrrole nitrogens is 1. The van der Waals surface area contributed by atoms with E-state index in [1.54, 1.807) is 12.1 Å². The van der Waals surface area contributed by atoms with Gasteiger partial charge in [0, 0.05) is 43.5 Å². The molecule has 0 aliphatic carbocycles. The van der Waals surface area contributed by atoms with Crippen LogP contribution in [0.4, 0.5) is 5.82 Å². The molecular weight excluding hydrogens is 487 g/mol. The number of carbonyl (C=O) groups is 2. The van der Waals surface area contributed by atoms with E-state index in [4.69, 9.17) is 23.2 Å². The van der Waals surface area contributed by atoms with E-state index < -0.39 is 5.41 Å². The number of anilines is 1. The lowest BCUT2D eigenvalue weighted by Gasteiger charge is -2.18. The van der Waals surface area contributed by atoms with Crippen LogP contribution in [0.15, 0.2) is 18.2 Å². The third-order valence-corrected chi connectivity index (χ3v) is 6.48. The summed E-state index contributed by atoms with van der Waals surface area (Å²) in [6.07, 6.45) is 0.338. The number of nitrogens with one attached hydrogen (secondary N) is 3. The fourth-order valence-electron chi connectivity index (χ4n) is 3.48. The predicted octanol–water partition coefficient (Wildman–Crippen LogP) is 4.72. The summed E-state index contributed by atoms with van der Waals surface area (Å²) in [5.41, 5.74) is 2.60. The van der Waals surface area contributed by atoms with E-state index in [-0.39, 0.29) is 11.8 Å². The molecule has 0 fully saturated rings. The van der Waals surface area contributed by atoms with Crippen molar-refractivity contribution in [1.82, 2.24) is 25.6 Å². The second-order valence-corrected chi connectivity index (χ2v) is 10.2. The van der Waals surface area contributed by atoms with E-state index in [1.807, 2.05) is 52.6 Å². The zero-order valence-electron chi connectivity index (χ0n) is 21.0. The first-order valence-corrected chi connectivity index (χ1v) is 12.3. The number of imidazole rings is 1. The van der Waals surface area contributed by atoms with Crippen LogP contribution in [-0.2, 0) is 17.8 Å². The van der Waals surface area contributed by atoms with Crippen molar-refractivity contribution in [2.75, 3.05) is 25.0 Å². The summed E-state index contributed by atoms with van der Waals surface area (Å²) in [4.78, 5) is 39.4. The topological polar surface area (TPSA) is 103 Å². The largest absolute Gasteiger partial charge is 0.359 e. The monoisotopic (exact) mass is 518 g/mol. The van der Waals surface area contributed by atoms with E-state index in [0.717, 1.165) is 5.56 Å². The zero-order valence-corrected chi connectivity index (χ0v) is 22.5. The molecule has 0 spiro atoms. The van der Waals surface area contributed by atoms with Crippen molar-refractivity contribution in [3.05, 3.63) is 50.8 Å². The van der Waals surface area contributed by atoms with Crippen molar-refractivity contribution < 1.29 is 9.59 Å². The first-order chi connectivity index (χ1) is 16.5. The Hall–Kier alpha value is -2.84. The fraction of sp³-hybridized carbons (Fsp3) is 0.440. The molecule has 0 aliphatic heterocycles. The van der Waals surface area contributed by atoms with Crippen LogP contribution in [0.3, 0.4) is 0 Å². The predicted molar refractivity (Wildman–Crippen MR) is 141 cm³/mol. The SMILES string of the molecule is CCNC(=O)c1cc2[nH]c(Cc3c(Cl)ccc(CNC(=O)C(C)(C)C)c3Cl)nc2nc1N(C)CC. The van der Waals surface area contributed by atoms with Crippen molar-refractivity contribution in [3.63, 3.8) is 0 Å². The number of aromatic nitrogens is 3. The van der Waals surface area contributed by atoms with Gasteiger partial charge in [-0.2, -0.15) is 0 Å². The molecule has 3 rings (SSSR count). The van der Waals surface area contributed by atoms with E-state index in [1.165, 1.54) is 0 Å². The zero-order chi connectivity index (χ0) is 25.9. The Morgan fingerprint density at radius 3 is 2.46 bits per heavy atom. The Morgan fingerprint density at radius 2 is 1.83 bits per heavy atom. The Balaban J connectivity index is 1.94. The molecule has 0 aliphatic rings. The molecule has 0 radical (unpaired) electrons. The number of carbonyl (C=O) groups excluding carboxylic acids is 2. The third-order valence-electron chi connectivity index (χ3n) is 5.65. The molecule has 8 nitrogen and oxygen atoms in total. The summed E-state index contributed by atoms with van der Waals surface area (Å²) in [6, 6.07) is 5.35. The van der Waals surface area contributed by atoms with E-state index in [2.05, 4.69) is 25.6 Å². The average Bonchev–Trinajstić information content (AvgIpc) is 3.20. The van der Waals surface area contributed by atoms with Gasteiger partial charge in [-0.15, -0.1) is 0 Å². The molecule has 10 heteroatoms. The van der Waals surface area contributed by atoms with Gasteiger partial charge in [0.1, 0.15) is 11.6 Å². The Kier molecular flexibility index (Phi) is 8.28. The normalized spacial score (nSPS) is 11.5. The Bertz CT molecular complexity index is 1250. The van der Waals surface area contributed by atoms with Crippen LogP contribution in [0.1, 0.15) is 61.9 Å². The van der Waals surface area contributed by atoms with Crippen LogP contribution in [-0.4, -0.2) is 46.9 Å². The second-order valence-electron chi connectivity index (χ2n) is 9.40. The maximum absolute atomic E-state index is 12.6. The molecule has 0 saturated heterocycles. The maximum atomic E-state index is 12.6. The average molecular weight is 519 g/mol. The highest BCUT2D eigenvalue weighted by molar-refractivity contribution is 6.36. The number of amides is 2. The third kappa shape index (κ3) is 6.05. The van der Waals surface area contributed by atoms with Crippen LogP contribution >= 0.6 is 23.2 Å². The second kappa shape index (κ2) is 10.8. The molecule has 2 amide bonds. The van der Waals surface area contributed by atoms with Gasteiger partial charge in [-0.3, -0.25) is 9.59 Å². The van der Waals surface area contributed by atoms with Crippen LogP contribution in [0.5, 0.6) is 0 Å². The molecule has 3 N–H and O–H groups in total. The van der Waals surface area contributed by atoms with E-state index in [0.29, 0.717) is 70.0 Å². The number of nitrogens with zero attached hydrogens (tertiary/aromatic N) is 3. The molecule has 0 atom stereocenters. The molecule has 2 aromatic heterocycles. The lowest BCUT2D eigenvalue weighted by molar-refractivity contribution is -0.128. The smallest absolute Gasteiger partial charge is 0.255 e. The summed E-state index contributed by atoms with van der Waals surface area (Å²) in [6.45, 7) is 10.9. The summed E-state index contributed by atoms with van der Waals surface area (Å²) in [5, 5.41) is 6.74. The molecule has 0 unspecified atom stereocenters. The molecule has 188 valence electrons. The lowest BCUT2D eigenvalue weighted by atomic mass is 9.95. The molecular formula is C25H32Cl2N6O2. The summed E-state index contributed by atoms with van der Waals surface area (Å²) >= 11 is 13.2. The highest BCUT2D eigenvalue weighted by atomic mass is 35.5. The fourth-order valence-corrected chi connectivity index (χ4v) is 4.05. The molecule has 35 heavy (non-hydrogen) atoms. The van der Waals surface area contributed by atoms with Gasteiger partial charge in [-0.05, 0) is 37.1 Å². The molecule has 3 aromatic rings. The standard InChI is InChI=1S/C25H32Cl2N6O2/c1-7-28-23(34)16-11-18-21(32-22(16)33(6)8-2)31-19(30-18)12-15-17(26)10-9-14(20(15)27)13-29-24(35)25(3,4)5/h9-11H,7-8,12-13H2,1-6H3,(H,28,34)(H,29,35)(H,30,31,32).